The molecule has 0 fully saturated rings. The molecule has 172 valence electrons. The second kappa shape index (κ2) is 10.0. The van der Waals surface area contributed by atoms with Crippen LogP contribution in [0.4, 0.5) is 0 Å². The van der Waals surface area contributed by atoms with Gasteiger partial charge >= 0.3 is 0 Å². The summed E-state index contributed by atoms with van der Waals surface area (Å²) >= 11 is 0. The quantitative estimate of drug-likeness (QED) is 0.425. The summed E-state index contributed by atoms with van der Waals surface area (Å²) < 4.78 is 11.7. The van der Waals surface area contributed by atoms with E-state index in [0.717, 1.165) is 31.6 Å². The van der Waals surface area contributed by atoms with Gasteiger partial charge < -0.3 is 19.0 Å². The lowest BCUT2D eigenvalue weighted by Crippen LogP contribution is -2.33. The Kier molecular flexibility index (Phi) is 6.94. The zero-order chi connectivity index (χ0) is 23.4. The van der Waals surface area contributed by atoms with Gasteiger partial charge in [0.05, 0.1) is 17.0 Å². The zero-order valence-corrected chi connectivity index (χ0v) is 19.3. The van der Waals surface area contributed by atoms with Crippen molar-refractivity contribution in [1.82, 2.24) is 9.80 Å². The van der Waals surface area contributed by atoms with Gasteiger partial charge in [0.15, 0.2) is 5.43 Å². The van der Waals surface area contributed by atoms with Crippen LogP contribution in [0.15, 0.2) is 70.4 Å². The van der Waals surface area contributed by atoms with Crippen LogP contribution in [-0.4, -0.2) is 48.5 Å². The van der Waals surface area contributed by atoms with Crippen molar-refractivity contribution >= 4 is 16.9 Å². The number of carbonyl (C=O) groups excluding carboxylic acids is 1. The number of carbonyl (C=O) groups is 1. The lowest BCUT2D eigenvalue weighted by atomic mass is 9.98. The Morgan fingerprint density at radius 3 is 2.67 bits per heavy atom. The van der Waals surface area contributed by atoms with Crippen molar-refractivity contribution in [1.29, 1.82) is 0 Å². The lowest BCUT2D eigenvalue weighted by Gasteiger charge is -2.27. The molecule has 3 aromatic rings. The minimum atomic E-state index is -0.516. The van der Waals surface area contributed by atoms with Crippen molar-refractivity contribution < 1.29 is 13.9 Å². The van der Waals surface area contributed by atoms with Crippen molar-refractivity contribution in [3.8, 4) is 5.75 Å². The molecular formula is C27H30N2O4. The Morgan fingerprint density at radius 1 is 1.12 bits per heavy atom. The molecule has 6 heteroatoms. The highest BCUT2D eigenvalue weighted by atomic mass is 16.5. The van der Waals surface area contributed by atoms with Crippen LogP contribution < -0.4 is 10.2 Å². The van der Waals surface area contributed by atoms with E-state index in [0.29, 0.717) is 35.4 Å². The Morgan fingerprint density at radius 2 is 1.91 bits per heavy atom. The molecule has 0 radical (unpaired) electrons. The number of hydrogen-bond acceptors (Lipinski definition) is 5. The standard InChI is InChI=1S/C27H30N2O4/c1-4-17-32-20-12-9-11-19(18-20)24-23-25(30)21-13-7-8-14-22(21)33-26(23)27(31)29(24)16-10-15-28(5-2)6-3/h4,7-9,11-14,18,24H,1,5-6,10,15-17H2,2-3H3/t24-/m1/s1. The normalized spacial score (nSPS) is 15.3. The predicted molar refractivity (Wildman–Crippen MR) is 130 cm³/mol. The summed E-state index contributed by atoms with van der Waals surface area (Å²) in [6.07, 6.45) is 2.49. The van der Waals surface area contributed by atoms with Crippen molar-refractivity contribution in [3.63, 3.8) is 0 Å². The topological polar surface area (TPSA) is 63.0 Å². The number of para-hydroxylation sites is 1. The predicted octanol–water partition coefficient (Wildman–Crippen LogP) is 4.63. The molecular weight excluding hydrogens is 416 g/mol. The van der Waals surface area contributed by atoms with Gasteiger partial charge in [0, 0.05) is 6.54 Å². The van der Waals surface area contributed by atoms with E-state index in [2.05, 4.69) is 25.3 Å². The monoisotopic (exact) mass is 446 g/mol. The highest BCUT2D eigenvalue weighted by Crippen LogP contribution is 2.39. The number of nitrogens with zero attached hydrogens (tertiary/aromatic N) is 2. The van der Waals surface area contributed by atoms with E-state index >= 15 is 0 Å². The maximum absolute atomic E-state index is 13.5. The van der Waals surface area contributed by atoms with Crippen molar-refractivity contribution in [2.75, 3.05) is 32.8 Å². The third kappa shape index (κ3) is 4.44. The molecule has 1 aliphatic heterocycles. The van der Waals surface area contributed by atoms with Crippen LogP contribution in [0.1, 0.15) is 48.0 Å². The SMILES string of the molecule is C=CCOc1cccc([C@@H]2c3c(oc4ccccc4c3=O)C(=O)N2CCCN(CC)CC)c1. The number of ether oxygens (including phenoxy) is 1. The minimum Gasteiger partial charge on any atom is -0.490 e. The first kappa shape index (κ1) is 22.8. The first-order valence-corrected chi connectivity index (χ1v) is 11.5. The summed E-state index contributed by atoms with van der Waals surface area (Å²) in [5.74, 6) is 0.570. The Bertz CT molecular complexity index is 1210. The highest BCUT2D eigenvalue weighted by molar-refractivity contribution is 5.99. The van der Waals surface area contributed by atoms with Crippen molar-refractivity contribution in [3.05, 3.63) is 88.3 Å². The average Bonchev–Trinajstić information content (AvgIpc) is 3.12. The molecule has 4 rings (SSSR count). The van der Waals surface area contributed by atoms with E-state index in [4.69, 9.17) is 9.15 Å². The van der Waals surface area contributed by atoms with Crippen LogP contribution in [0.25, 0.3) is 11.0 Å². The van der Waals surface area contributed by atoms with Gasteiger partial charge in [0.1, 0.15) is 17.9 Å². The number of fused-ring (bicyclic) bond motifs is 2. The maximum atomic E-state index is 13.5. The van der Waals surface area contributed by atoms with Gasteiger partial charge in [0.25, 0.3) is 5.91 Å². The Hall–Kier alpha value is -3.38. The molecule has 1 amide bonds. The molecule has 0 bridgehead atoms. The van der Waals surface area contributed by atoms with Gasteiger partial charge in [-0.3, -0.25) is 9.59 Å². The molecule has 0 aliphatic carbocycles. The van der Waals surface area contributed by atoms with Gasteiger partial charge in [-0.2, -0.15) is 0 Å². The minimum absolute atomic E-state index is 0.143. The summed E-state index contributed by atoms with van der Waals surface area (Å²) in [6.45, 7) is 11.7. The molecule has 2 heterocycles. The summed E-state index contributed by atoms with van der Waals surface area (Å²) in [4.78, 5) is 31.1. The summed E-state index contributed by atoms with van der Waals surface area (Å²) in [6, 6.07) is 14.1. The van der Waals surface area contributed by atoms with Crippen molar-refractivity contribution in [2.45, 2.75) is 26.3 Å². The molecule has 0 unspecified atom stereocenters. The van der Waals surface area contributed by atoms with E-state index in [1.54, 1.807) is 29.2 Å². The number of hydrogen-bond donors (Lipinski definition) is 0. The van der Waals surface area contributed by atoms with Crippen LogP contribution in [0.3, 0.4) is 0 Å². The number of benzene rings is 2. The molecule has 0 N–H and O–H groups in total. The molecule has 33 heavy (non-hydrogen) atoms. The molecule has 0 saturated carbocycles. The summed E-state index contributed by atoms with van der Waals surface area (Å²) in [5, 5.41) is 0.484. The number of amides is 1. The molecule has 1 aromatic heterocycles. The fraction of sp³-hybridized carbons (Fsp3) is 0.333. The van der Waals surface area contributed by atoms with Crippen LogP contribution in [0.5, 0.6) is 5.75 Å². The third-order valence-electron chi connectivity index (χ3n) is 6.18. The molecule has 6 nitrogen and oxygen atoms in total. The van der Waals surface area contributed by atoms with E-state index in [-0.39, 0.29) is 17.1 Å². The average molecular weight is 447 g/mol. The molecule has 1 atom stereocenters. The summed E-state index contributed by atoms with van der Waals surface area (Å²) in [5.41, 5.74) is 1.51. The van der Waals surface area contributed by atoms with E-state index in [9.17, 15) is 9.59 Å². The molecule has 0 spiro atoms. The first-order chi connectivity index (χ1) is 16.1. The second-order valence-electron chi connectivity index (χ2n) is 8.12. The highest BCUT2D eigenvalue weighted by Gasteiger charge is 2.42. The summed E-state index contributed by atoms with van der Waals surface area (Å²) in [7, 11) is 0. The Labute approximate surface area is 194 Å². The molecule has 1 aliphatic rings. The zero-order valence-electron chi connectivity index (χ0n) is 19.3. The third-order valence-corrected chi connectivity index (χ3v) is 6.18. The van der Waals surface area contributed by atoms with E-state index in [1.807, 2.05) is 30.3 Å². The second-order valence-corrected chi connectivity index (χ2v) is 8.12. The lowest BCUT2D eigenvalue weighted by molar-refractivity contribution is 0.0720. The largest absolute Gasteiger partial charge is 0.490 e. The molecule has 0 saturated heterocycles. The maximum Gasteiger partial charge on any atom is 0.290 e. The van der Waals surface area contributed by atoms with Crippen LogP contribution in [0, 0.1) is 0 Å². The van der Waals surface area contributed by atoms with Crippen LogP contribution in [-0.2, 0) is 0 Å². The van der Waals surface area contributed by atoms with Gasteiger partial charge in [-0.05, 0) is 55.9 Å². The number of rotatable bonds is 10. The van der Waals surface area contributed by atoms with Crippen LogP contribution in [0.2, 0.25) is 0 Å². The van der Waals surface area contributed by atoms with Gasteiger partial charge in [0.2, 0.25) is 5.76 Å². The van der Waals surface area contributed by atoms with Crippen molar-refractivity contribution in [2.24, 2.45) is 0 Å². The fourth-order valence-electron chi connectivity index (χ4n) is 4.48. The first-order valence-electron chi connectivity index (χ1n) is 11.5. The van der Waals surface area contributed by atoms with E-state index in [1.165, 1.54) is 0 Å². The fourth-order valence-corrected chi connectivity index (χ4v) is 4.48. The Balaban J connectivity index is 1.78. The van der Waals surface area contributed by atoms with E-state index < -0.39 is 6.04 Å². The van der Waals surface area contributed by atoms with Gasteiger partial charge in [-0.15, -0.1) is 0 Å². The van der Waals surface area contributed by atoms with Gasteiger partial charge in [-0.25, -0.2) is 0 Å². The van der Waals surface area contributed by atoms with Gasteiger partial charge in [-0.1, -0.05) is 50.8 Å². The smallest absolute Gasteiger partial charge is 0.290 e. The van der Waals surface area contributed by atoms with Crippen LogP contribution >= 0.6 is 0 Å². The molecule has 2 aromatic carbocycles.